The number of nitrogens with two attached hydrogens (primary N) is 1. The third-order valence-electron chi connectivity index (χ3n) is 5.67. The van der Waals surface area contributed by atoms with Crippen LogP contribution in [0.1, 0.15) is 55.0 Å². The maximum atomic E-state index is 6.59. The molecule has 0 saturated carbocycles. The summed E-state index contributed by atoms with van der Waals surface area (Å²) in [5.74, 6) is 0. The SMILES string of the molecule is CC=N/C(=C(\N)c1ccc(NCCc2ccc(CCC)cc2)cc1)c1ccccc1CC. The molecule has 3 aromatic carbocycles. The summed E-state index contributed by atoms with van der Waals surface area (Å²) in [7, 11) is 0. The van der Waals surface area contributed by atoms with Crippen molar-refractivity contribution in [3.8, 4) is 0 Å². The van der Waals surface area contributed by atoms with E-state index in [1.807, 2.05) is 13.0 Å². The van der Waals surface area contributed by atoms with Crippen molar-refractivity contribution in [2.75, 3.05) is 11.9 Å². The number of hydrogen-bond donors (Lipinski definition) is 2. The molecule has 3 rings (SSSR count). The fourth-order valence-corrected chi connectivity index (χ4v) is 3.89. The predicted octanol–water partition coefficient (Wildman–Crippen LogP) is 6.73. The van der Waals surface area contributed by atoms with Crippen LogP contribution < -0.4 is 11.1 Å². The monoisotopic (exact) mass is 425 g/mol. The Balaban J connectivity index is 1.69. The van der Waals surface area contributed by atoms with E-state index >= 15 is 0 Å². The molecule has 0 aromatic heterocycles. The standard InChI is InChI=1S/C29H35N3/c1-4-9-22-12-14-23(15-13-22)20-21-32-26-18-16-25(17-19-26)28(30)29(31-6-3)27-11-8-7-10-24(27)5-2/h6-8,10-19,32H,4-5,9,20-21,30H2,1-3H3/b29-28-,31-6?. The zero-order valence-corrected chi connectivity index (χ0v) is 19.6. The minimum atomic E-state index is 0.697. The summed E-state index contributed by atoms with van der Waals surface area (Å²) in [5.41, 5.74) is 15.3. The molecule has 0 spiro atoms. The molecule has 0 heterocycles. The molecule has 166 valence electrons. The maximum absolute atomic E-state index is 6.59. The van der Waals surface area contributed by atoms with E-state index in [2.05, 4.69) is 90.9 Å². The first-order chi connectivity index (χ1) is 15.7. The number of benzene rings is 3. The van der Waals surface area contributed by atoms with Gasteiger partial charge in [-0.05, 0) is 60.6 Å². The van der Waals surface area contributed by atoms with Crippen LogP contribution in [0.5, 0.6) is 0 Å². The molecule has 0 aliphatic carbocycles. The summed E-state index contributed by atoms with van der Waals surface area (Å²) in [6, 6.07) is 25.6. The van der Waals surface area contributed by atoms with Gasteiger partial charge in [-0.15, -0.1) is 0 Å². The van der Waals surface area contributed by atoms with Crippen molar-refractivity contribution in [1.82, 2.24) is 0 Å². The summed E-state index contributed by atoms with van der Waals surface area (Å²) in [6.45, 7) is 7.19. The lowest BCUT2D eigenvalue weighted by molar-refractivity contribution is 0.918. The molecule has 0 unspecified atom stereocenters. The minimum absolute atomic E-state index is 0.697. The third kappa shape index (κ3) is 6.10. The second-order valence-electron chi connectivity index (χ2n) is 7.98. The van der Waals surface area contributed by atoms with Crippen LogP contribution >= 0.6 is 0 Å². The molecule has 0 radical (unpaired) electrons. The third-order valence-corrected chi connectivity index (χ3v) is 5.67. The minimum Gasteiger partial charge on any atom is -0.396 e. The van der Waals surface area contributed by atoms with Gasteiger partial charge in [0.05, 0.1) is 11.4 Å². The lowest BCUT2D eigenvalue weighted by atomic mass is 9.99. The molecule has 0 atom stereocenters. The van der Waals surface area contributed by atoms with Crippen molar-refractivity contribution in [3.05, 3.63) is 101 Å². The first kappa shape index (κ1) is 23.3. The van der Waals surface area contributed by atoms with Crippen molar-refractivity contribution in [3.63, 3.8) is 0 Å². The molecule has 0 amide bonds. The number of nitrogens with one attached hydrogen (secondary N) is 1. The van der Waals surface area contributed by atoms with Gasteiger partial charge in [0.1, 0.15) is 0 Å². The Bertz CT molecular complexity index is 1040. The molecule has 0 aliphatic heterocycles. The molecule has 3 N–H and O–H groups in total. The smallest absolute Gasteiger partial charge is 0.0935 e. The zero-order valence-electron chi connectivity index (χ0n) is 19.6. The van der Waals surface area contributed by atoms with Crippen molar-refractivity contribution >= 4 is 23.3 Å². The van der Waals surface area contributed by atoms with E-state index in [1.54, 1.807) is 6.21 Å². The lowest BCUT2D eigenvalue weighted by Crippen LogP contribution is -2.06. The maximum Gasteiger partial charge on any atom is 0.0935 e. The summed E-state index contributed by atoms with van der Waals surface area (Å²) in [4.78, 5) is 4.62. The van der Waals surface area contributed by atoms with Gasteiger partial charge in [0.15, 0.2) is 0 Å². The Hall–Kier alpha value is -3.33. The van der Waals surface area contributed by atoms with E-state index in [9.17, 15) is 0 Å². The van der Waals surface area contributed by atoms with Crippen molar-refractivity contribution in [2.45, 2.75) is 46.5 Å². The zero-order chi connectivity index (χ0) is 22.8. The Morgan fingerprint density at radius 1 is 0.875 bits per heavy atom. The van der Waals surface area contributed by atoms with Gasteiger partial charge in [-0.25, -0.2) is 0 Å². The van der Waals surface area contributed by atoms with Gasteiger partial charge < -0.3 is 11.1 Å². The van der Waals surface area contributed by atoms with Gasteiger partial charge in [0.25, 0.3) is 0 Å². The normalized spacial score (nSPS) is 12.1. The Labute approximate surface area is 193 Å². The molecule has 0 aliphatic rings. The van der Waals surface area contributed by atoms with Crippen LogP contribution in [0.2, 0.25) is 0 Å². The van der Waals surface area contributed by atoms with Gasteiger partial charge >= 0.3 is 0 Å². The highest BCUT2D eigenvalue weighted by atomic mass is 14.9. The van der Waals surface area contributed by atoms with Crippen LogP contribution in [0.25, 0.3) is 11.4 Å². The van der Waals surface area contributed by atoms with Gasteiger partial charge in [0.2, 0.25) is 0 Å². The van der Waals surface area contributed by atoms with E-state index < -0.39 is 0 Å². The van der Waals surface area contributed by atoms with Crippen LogP contribution in [0.3, 0.4) is 0 Å². The predicted molar refractivity (Wildman–Crippen MR) is 140 cm³/mol. The van der Waals surface area contributed by atoms with E-state index in [0.717, 1.165) is 48.3 Å². The van der Waals surface area contributed by atoms with Crippen molar-refractivity contribution in [2.24, 2.45) is 10.7 Å². The first-order valence-corrected chi connectivity index (χ1v) is 11.6. The second-order valence-corrected chi connectivity index (χ2v) is 7.98. The summed E-state index contributed by atoms with van der Waals surface area (Å²) in [6.07, 6.45) is 6.08. The quantitative estimate of drug-likeness (QED) is 0.279. The highest BCUT2D eigenvalue weighted by molar-refractivity contribution is 5.92. The highest BCUT2D eigenvalue weighted by Crippen LogP contribution is 2.27. The summed E-state index contributed by atoms with van der Waals surface area (Å²) in [5, 5.41) is 3.52. The molecule has 3 heteroatoms. The average Bonchev–Trinajstić information content (AvgIpc) is 2.84. The van der Waals surface area contributed by atoms with Crippen LogP contribution in [0.15, 0.2) is 77.8 Å². The van der Waals surface area contributed by atoms with Gasteiger partial charge in [0, 0.05) is 24.0 Å². The molecule has 32 heavy (non-hydrogen) atoms. The Kier molecular flexibility index (Phi) is 8.68. The van der Waals surface area contributed by atoms with Crippen LogP contribution in [-0.2, 0) is 19.3 Å². The van der Waals surface area contributed by atoms with E-state index in [1.165, 1.54) is 23.1 Å². The second kappa shape index (κ2) is 11.9. The van der Waals surface area contributed by atoms with E-state index in [4.69, 9.17) is 5.73 Å². The van der Waals surface area contributed by atoms with Crippen molar-refractivity contribution in [1.29, 1.82) is 0 Å². The Morgan fingerprint density at radius 2 is 1.53 bits per heavy atom. The summed E-state index contributed by atoms with van der Waals surface area (Å²) >= 11 is 0. The topological polar surface area (TPSA) is 50.4 Å². The van der Waals surface area contributed by atoms with Crippen LogP contribution in [0, 0.1) is 0 Å². The number of nitrogens with zero attached hydrogens (tertiary/aromatic N) is 1. The average molecular weight is 426 g/mol. The summed E-state index contributed by atoms with van der Waals surface area (Å²) < 4.78 is 0. The number of aryl methyl sites for hydroxylation is 2. The molecule has 3 nitrogen and oxygen atoms in total. The molecule has 3 aromatic rings. The van der Waals surface area contributed by atoms with Crippen LogP contribution in [-0.4, -0.2) is 12.8 Å². The molecular weight excluding hydrogens is 390 g/mol. The van der Waals surface area contributed by atoms with Crippen molar-refractivity contribution < 1.29 is 0 Å². The number of aliphatic imine (C=N–C) groups is 1. The van der Waals surface area contributed by atoms with E-state index in [-0.39, 0.29) is 0 Å². The van der Waals surface area contributed by atoms with Gasteiger partial charge in [-0.3, -0.25) is 4.99 Å². The Morgan fingerprint density at radius 3 is 2.16 bits per heavy atom. The highest BCUT2D eigenvalue weighted by Gasteiger charge is 2.11. The van der Waals surface area contributed by atoms with E-state index in [0.29, 0.717) is 5.70 Å². The van der Waals surface area contributed by atoms with Gasteiger partial charge in [-0.1, -0.05) is 80.9 Å². The van der Waals surface area contributed by atoms with Crippen LogP contribution in [0.4, 0.5) is 5.69 Å². The number of rotatable bonds is 10. The lowest BCUT2D eigenvalue weighted by Gasteiger charge is -2.13. The van der Waals surface area contributed by atoms with Gasteiger partial charge in [-0.2, -0.15) is 0 Å². The first-order valence-electron chi connectivity index (χ1n) is 11.6. The molecule has 0 saturated heterocycles. The molecular formula is C29H35N3. The molecule has 0 bridgehead atoms. The largest absolute Gasteiger partial charge is 0.396 e. The fraction of sp³-hybridized carbons (Fsp3) is 0.276. The number of anilines is 1. The number of hydrogen-bond acceptors (Lipinski definition) is 3. The molecule has 0 fully saturated rings. The fourth-order valence-electron chi connectivity index (χ4n) is 3.89.